The zero-order valence-corrected chi connectivity index (χ0v) is 14.0. The minimum atomic E-state index is -1.16. The third-order valence-electron chi connectivity index (χ3n) is 4.12. The molecular formula is C18H37NaO3. The summed E-state index contributed by atoms with van der Waals surface area (Å²) in [4.78, 5) is 10.4. The van der Waals surface area contributed by atoms with E-state index in [0.29, 0.717) is 6.42 Å². The molecule has 0 fully saturated rings. The summed E-state index contributed by atoms with van der Waals surface area (Å²) in [5.74, 6) is -1.09. The van der Waals surface area contributed by atoms with Crippen LogP contribution in [0.4, 0.5) is 0 Å². The molecule has 0 aliphatic heterocycles. The van der Waals surface area contributed by atoms with Gasteiger partial charge < -0.3 is 10.2 Å². The first kappa shape index (κ1) is 24.7. The Bertz CT molecular complexity index is 234. The van der Waals surface area contributed by atoms with Crippen LogP contribution in [0.15, 0.2) is 0 Å². The van der Waals surface area contributed by atoms with Crippen molar-refractivity contribution in [3.63, 3.8) is 0 Å². The van der Waals surface area contributed by atoms with Crippen LogP contribution in [-0.4, -0.2) is 51.8 Å². The van der Waals surface area contributed by atoms with E-state index < -0.39 is 12.1 Å². The van der Waals surface area contributed by atoms with Crippen molar-refractivity contribution < 1.29 is 15.0 Å². The number of carboxylic acid groups (broad SMARTS) is 1. The topological polar surface area (TPSA) is 57.5 Å². The van der Waals surface area contributed by atoms with Gasteiger partial charge in [0.2, 0.25) is 0 Å². The summed E-state index contributed by atoms with van der Waals surface area (Å²) in [7, 11) is 0. The van der Waals surface area contributed by atoms with Crippen molar-refractivity contribution in [3.8, 4) is 0 Å². The average molecular weight is 324 g/mol. The Morgan fingerprint density at radius 1 is 0.727 bits per heavy atom. The summed E-state index contributed by atoms with van der Waals surface area (Å²) in [5, 5.41) is 17.7. The molecule has 3 nitrogen and oxygen atoms in total. The molecular weight excluding hydrogens is 287 g/mol. The summed E-state index contributed by atoms with van der Waals surface area (Å²) in [6, 6.07) is 0. The van der Waals surface area contributed by atoms with Crippen LogP contribution in [-0.2, 0) is 4.79 Å². The first-order valence-electron chi connectivity index (χ1n) is 9.09. The molecule has 0 aliphatic rings. The van der Waals surface area contributed by atoms with Crippen molar-refractivity contribution >= 4 is 35.5 Å². The number of rotatable bonds is 16. The van der Waals surface area contributed by atoms with E-state index in [1.165, 1.54) is 77.0 Å². The van der Waals surface area contributed by atoms with E-state index in [1.807, 2.05) is 0 Å². The molecule has 0 radical (unpaired) electrons. The number of aliphatic hydroxyl groups is 1. The molecule has 0 saturated heterocycles. The van der Waals surface area contributed by atoms with Crippen LogP contribution < -0.4 is 0 Å². The molecule has 0 aromatic rings. The molecule has 0 aliphatic carbocycles. The van der Waals surface area contributed by atoms with Gasteiger partial charge in [-0.15, -0.1) is 0 Å². The molecule has 1 atom stereocenters. The third-order valence-corrected chi connectivity index (χ3v) is 4.12. The molecule has 0 aromatic carbocycles. The van der Waals surface area contributed by atoms with Crippen LogP contribution in [0.1, 0.15) is 103 Å². The molecule has 0 spiro atoms. The zero-order chi connectivity index (χ0) is 15.8. The summed E-state index contributed by atoms with van der Waals surface area (Å²) >= 11 is 0. The molecule has 0 saturated carbocycles. The Labute approximate surface area is 159 Å². The number of hydrogen-bond acceptors (Lipinski definition) is 2. The fourth-order valence-electron chi connectivity index (χ4n) is 2.66. The van der Waals surface area contributed by atoms with Crippen LogP contribution in [0.5, 0.6) is 0 Å². The number of unbranched alkanes of at least 4 members (excludes halogenated alkanes) is 13. The van der Waals surface area contributed by atoms with Gasteiger partial charge in [0.25, 0.3) is 0 Å². The van der Waals surface area contributed by atoms with Crippen LogP contribution in [0.3, 0.4) is 0 Å². The van der Waals surface area contributed by atoms with Crippen molar-refractivity contribution in [2.45, 2.75) is 109 Å². The van der Waals surface area contributed by atoms with Crippen molar-refractivity contribution in [1.29, 1.82) is 0 Å². The predicted octanol–water partition coefficient (Wildman–Crippen LogP) is 4.65. The number of aliphatic hydroxyl groups excluding tert-OH is 1. The van der Waals surface area contributed by atoms with E-state index >= 15 is 0 Å². The zero-order valence-electron chi connectivity index (χ0n) is 14.0. The Hall–Kier alpha value is 0.430. The molecule has 128 valence electrons. The molecule has 0 amide bonds. The summed E-state index contributed by atoms with van der Waals surface area (Å²) in [6.07, 6.45) is 17.3. The normalized spacial score (nSPS) is 11.9. The molecule has 0 bridgehead atoms. The van der Waals surface area contributed by atoms with E-state index in [2.05, 4.69) is 6.92 Å². The van der Waals surface area contributed by atoms with E-state index in [-0.39, 0.29) is 29.6 Å². The van der Waals surface area contributed by atoms with Crippen molar-refractivity contribution in [3.05, 3.63) is 0 Å². The van der Waals surface area contributed by atoms with Gasteiger partial charge in [0.05, 0.1) is 0 Å². The van der Waals surface area contributed by atoms with Crippen molar-refractivity contribution in [1.82, 2.24) is 0 Å². The summed E-state index contributed by atoms with van der Waals surface area (Å²) in [5.41, 5.74) is 0. The SMILES string of the molecule is CCCCCCCCCCCCCCCCC(O)C(=O)O.[NaH]. The van der Waals surface area contributed by atoms with Gasteiger partial charge in [-0.05, 0) is 6.42 Å². The third kappa shape index (κ3) is 18.5. The first-order chi connectivity index (χ1) is 10.2. The molecule has 2 N–H and O–H groups in total. The second-order valence-electron chi connectivity index (χ2n) is 6.24. The molecule has 0 aromatic heterocycles. The van der Waals surface area contributed by atoms with E-state index in [4.69, 9.17) is 10.2 Å². The van der Waals surface area contributed by atoms with Crippen molar-refractivity contribution in [2.75, 3.05) is 0 Å². The van der Waals surface area contributed by atoms with Crippen LogP contribution in [0, 0.1) is 0 Å². The second-order valence-corrected chi connectivity index (χ2v) is 6.24. The van der Waals surface area contributed by atoms with Gasteiger partial charge in [0, 0.05) is 0 Å². The number of carboxylic acids is 1. The fraction of sp³-hybridized carbons (Fsp3) is 0.944. The maximum absolute atomic E-state index is 10.4. The Balaban J connectivity index is 0. The average Bonchev–Trinajstić information content (AvgIpc) is 2.47. The quantitative estimate of drug-likeness (QED) is 0.321. The number of hydrogen-bond donors (Lipinski definition) is 2. The van der Waals surface area contributed by atoms with Gasteiger partial charge in [0.1, 0.15) is 0 Å². The van der Waals surface area contributed by atoms with Gasteiger partial charge in [-0.1, -0.05) is 96.8 Å². The van der Waals surface area contributed by atoms with Crippen molar-refractivity contribution in [2.24, 2.45) is 0 Å². The fourth-order valence-corrected chi connectivity index (χ4v) is 2.66. The summed E-state index contributed by atoms with van der Waals surface area (Å²) < 4.78 is 0. The Kier molecular flexibility index (Phi) is 21.8. The first-order valence-corrected chi connectivity index (χ1v) is 9.09. The second kappa shape index (κ2) is 19.5. The number of aliphatic carboxylic acids is 1. The minimum absolute atomic E-state index is 0. The van der Waals surface area contributed by atoms with E-state index in [1.54, 1.807) is 0 Å². The number of carbonyl (C=O) groups is 1. The van der Waals surface area contributed by atoms with E-state index in [0.717, 1.165) is 12.8 Å². The summed E-state index contributed by atoms with van der Waals surface area (Å²) in [6.45, 7) is 2.26. The van der Waals surface area contributed by atoms with Gasteiger partial charge >= 0.3 is 35.5 Å². The van der Waals surface area contributed by atoms with Gasteiger partial charge in [-0.2, -0.15) is 0 Å². The molecule has 0 heterocycles. The van der Waals surface area contributed by atoms with Gasteiger partial charge in [-0.3, -0.25) is 0 Å². The molecule has 22 heavy (non-hydrogen) atoms. The van der Waals surface area contributed by atoms with Crippen LogP contribution in [0.2, 0.25) is 0 Å². The molecule has 0 rings (SSSR count). The monoisotopic (exact) mass is 324 g/mol. The van der Waals surface area contributed by atoms with Gasteiger partial charge in [0.15, 0.2) is 6.10 Å². The van der Waals surface area contributed by atoms with E-state index in [9.17, 15) is 4.79 Å². The maximum atomic E-state index is 10.4. The predicted molar refractivity (Wildman–Crippen MR) is 95.7 cm³/mol. The molecule has 1 unspecified atom stereocenters. The van der Waals surface area contributed by atoms with Gasteiger partial charge in [-0.25, -0.2) is 4.79 Å². The molecule has 4 heteroatoms. The van der Waals surface area contributed by atoms with Crippen LogP contribution in [0.25, 0.3) is 0 Å². The Morgan fingerprint density at radius 2 is 1.05 bits per heavy atom. The Morgan fingerprint density at radius 3 is 1.36 bits per heavy atom. The van der Waals surface area contributed by atoms with Crippen LogP contribution >= 0.6 is 0 Å². The standard InChI is InChI=1S/C18H36O3.Na.H/c1-2-3-4-5-6-7-8-9-10-11-12-13-14-15-16-17(19)18(20)21;;/h17,19H,2-16H2,1H3,(H,20,21);;.